The third kappa shape index (κ3) is 5.83. The Morgan fingerprint density at radius 1 is 1.14 bits per heavy atom. The van der Waals surface area contributed by atoms with Crippen LogP contribution in [-0.2, 0) is 10.0 Å². The predicted molar refractivity (Wildman–Crippen MR) is 128 cm³/mol. The highest BCUT2D eigenvalue weighted by Crippen LogP contribution is 2.34. The van der Waals surface area contributed by atoms with Crippen molar-refractivity contribution in [3.8, 4) is 5.75 Å². The van der Waals surface area contributed by atoms with Gasteiger partial charge in [0.15, 0.2) is 23.2 Å². The summed E-state index contributed by atoms with van der Waals surface area (Å²) in [4.78, 5) is 6.35. The normalized spacial score (nSPS) is 18.8. The van der Waals surface area contributed by atoms with Crippen LogP contribution in [0.15, 0.2) is 29.3 Å². The molecule has 0 saturated carbocycles. The van der Waals surface area contributed by atoms with Gasteiger partial charge in [0, 0.05) is 44.9 Å². The molecule has 4 rings (SSSR count). The molecular formula is C24H32F2N4O4S. The zero-order valence-corrected chi connectivity index (χ0v) is 20.9. The Morgan fingerprint density at radius 2 is 1.77 bits per heavy atom. The summed E-state index contributed by atoms with van der Waals surface area (Å²) in [6.07, 6.45) is 3.18. The first-order chi connectivity index (χ1) is 16.7. The van der Waals surface area contributed by atoms with Crippen molar-refractivity contribution in [2.75, 3.05) is 36.8 Å². The number of hydrogen-bond donors (Lipinski definition) is 0. The summed E-state index contributed by atoms with van der Waals surface area (Å²) >= 11 is 0. The van der Waals surface area contributed by atoms with E-state index in [-0.39, 0.29) is 29.4 Å². The average Bonchev–Trinajstić information content (AvgIpc) is 3.33. The molecule has 11 heteroatoms. The first-order valence-electron chi connectivity index (χ1n) is 12.0. The fourth-order valence-electron chi connectivity index (χ4n) is 4.57. The minimum absolute atomic E-state index is 0.111. The summed E-state index contributed by atoms with van der Waals surface area (Å²) < 4.78 is 66.6. The van der Waals surface area contributed by atoms with Crippen LogP contribution in [0.1, 0.15) is 62.8 Å². The van der Waals surface area contributed by atoms with E-state index < -0.39 is 21.7 Å². The Balaban J connectivity index is 1.34. The van der Waals surface area contributed by atoms with Crippen LogP contribution in [0, 0.1) is 11.6 Å². The molecule has 2 aromatic rings. The number of hydrogen-bond acceptors (Lipinski definition) is 7. The van der Waals surface area contributed by atoms with Gasteiger partial charge in [0.25, 0.3) is 0 Å². The number of ether oxygens (including phenoxy) is 1. The fourth-order valence-corrected chi connectivity index (χ4v) is 5.85. The number of anilines is 1. The maximum atomic E-state index is 14.9. The number of aromatic nitrogens is 2. The van der Waals surface area contributed by atoms with Gasteiger partial charge in [-0.1, -0.05) is 25.1 Å². The fraction of sp³-hybridized carbons (Fsp3) is 0.583. The molecule has 0 aliphatic carbocycles. The van der Waals surface area contributed by atoms with Crippen LogP contribution < -0.4 is 9.64 Å². The molecule has 192 valence electrons. The van der Waals surface area contributed by atoms with Gasteiger partial charge in [-0.15, -0.1) is 6.58 Å². The SMILES string of the molecule is C=CCS(=O)(=O)N1CCC(c2cc(F)c(OC3CCN(c4nc(C(C)C)no4)CC3)c(F)c2)CC1. The Labute approximate surface area is 205 Å². The van der Waals surface area contributed by atoms with Crippen LogP contribution in [-0.4, -0.2) is 60.9 Å². The molecule has 8 nitrogen and oxygen atoms in total. The molecule has 0 unspecified atom stereocenters. The molecule has 0 amide bonds. The molecule has 2 aliphatic heterocycles. The molecular weight excluding hydrogens is 478 g/mol. The summed E-state index contributed by atoms with van der Waals surface area (Å²) in [6.45, 7) is 9.26. The number of sulfonamides is 1. The van der Waals surface area contributed by atoms with Crippen molar-refractivity contribution in [3.63, 3.8) is 0 Å². The van der Waals surface area contributed by atoms with Crippen LogP contribution in [0.4, 0.5) is 14.8 Å². The molecule has 3 heterocycles. The van der Waals surface area contributed by atoms with E-state index in [1.807, 2.05) is 18.7 Å². The molecule has 1 aromatic carbocycles. The Hall–Kier alpha value is -2.53. The Morgan fingerprint density at radius 3 is 2.31 bits per heavy atom. The molecule has 2 fully saturated rings. The van der Waals surface area contributed by atoms with Gasteiger partial charge in [-0.25, -0.2) is 21.5 Å². The van der Waals surface area contributed by atoms with Gasteiger partial charge in [-0.05, 0) is 36.5 Å². The zero-order chi connectivity index (χ0) is 25.2. The lowest BCUT2D eigenvalue weighted by molar-refractivity contribution is 0.154. The Kier molecular flexibility index (Phi) is 7.75. The zero-order valence-electron chi connectivity index (χ0n) is 20.1. The summed E-state index contributed by atoms with van der Waals surface area (Å²) in [6, 6.07) is 3.09. The maximum Gasteiger partial charge on any atom is 0.324 e. The van der Waals surface area contributed by atoms with Crippen LogP contribution in [0.2, 0.25) is 0 Å². The molecule has 2 saturated heterocycles. The molecule has 0 atom stereocenters. The molecule has 35 heavy (non-hydrogen) atoms. The van der Waals surface area contributed by atoms with Crippen molar-refractivity contribution in [3.05, 3.63) is 47.8 Å². The van der Waals surface area contributed by atoms with Gasteiger partial charge in [0.05, 0.1) is 5.75 Å². The van der Waals surface area contributed by atoms with Crippen LogP contribution in [0.25, 0.3) is 0 Å². The van der Waals surface area contributed by atoms with Gasteiger partial charge in [-0.2, -0.15) is 4.98 Å². The lowest BCUT2D eigenvalue weighted by atomic mass is 9.90. The highest BCUT2D eigenvalue weighted by molar-refractivity contribution is 7.89. The summed E-state index contributed by atoms with van der Waals surface area (Å²) in [5, 5.41) is 3.98. The number of rotatable bonds is 8. The van der Waals surface area contributed by atoms with E-state index in [4.69, 9.17) is 9.26 Å². The van der Waals surface area contributed by atoms with Crippen LogP contribution in [0.5, 0.6) is 5.75 Å². The van der Waals surface area contributed by atoms with Gasteiger partial charge < -0.3 is 14.2 Å². The molecule has 0 radical (unpaired) electrons. The second kappa shape index (κ2) is 10.6. The van der Waals surface area contributed by atoms with Crippen LogP contribution in [0.3, 0.4) is 0 Å². The van der Waals surface area contributed by atoms with Gasteiger partial charge in [-0.3, -0.25) is 0 Å². The largest absolute Gasteiger partial charge is 0.484 e. The lowest BCUT2D eigenvalue weighted by Crippen LogP contribution is -2.39. The van der Waals surface area contributed by atoms with Gasteiger partial charge in [0.1, 0.15) is 6.10 Å². The topological polar surface area (TPSA) is 88.8 Å². The number of piperidine rings is 2. The highest BCUT2D eigenvalue weighted by atomic mass is 32.2. The third-order valence-corrected chi connectivity index (χ3v) is 8.42. The standard InChI is InChI=1S/C24H32F2N4O4S/c1-4-13-35(31,32)30-11-5-17(6-12-30)18-14-20(25)22(21(26)15-18)33-19-7-9-29(10-8-19)24-27-23(16(2)3)28-34-24/h4,14-17,19H,1,5-13H2,2-3H3. The minimum Gasteiger partial charge on any atom is -0.484 e. The second-order valence-corrected chi connectivity index (χ2v) is 11.5. The van der Waals surface area contributed by atoms with Crippen molar-refractivity contribution in [2.45, 2.75) is 57.5 Å². The molecule has 1 aromatic heterocycles. The second-order valence-electron chi connectivity index (χ2n) is 9.45. The van der Waals surface area contributed by atoms with Gasteiger partial charge in [0.2, 0.25) is 10.0 Å². The molecule has 0 N–H and O–H groups in total. The predicted octanol–water partition coefficient (Wildman–Crippen LogP) is 4.21. The quantitative estimate of drug-likeness (QED) is 0.492. The summed E-state index contributed by atoms with van der Waals surface area (Å²) in [7, 11) is -3.37. The summed E-state index contributed by atoms with van der Waals surface area (Å²) in [5.41, 5.74) is 0.528. The molecule has 2 aliphatic rings. The molecule has 0 bridgehead atoms. The molecule has 0 spiro atoms. The van der Waals surface area contributed by atoms with E-state index in [2.05, 4.69) is 16.7 Å². The van der Waals surface area contributed by atoms with E-state index in [1.54, 1.807) is 0 Å². The van der Waals surface area contributed by atoms with E-state index in [0.717, 1.165) is 0 Å². The van der Waals surface area contributed by atoms with Crippen molar-refractivity contribution in [1.29, 1.82) is 0 Å². The lowest BCUT2D eigenvalue weighted by Gasteiger charge is -2.32. The summed E-state index contributed by atoms with van der Waals surface area (Å²) in [5.74, 6) is -1.24. The highest BCUT2D eigenvalue weighted by Gasteiger charge is 2.30. The minimum atomic E-state index is -3.37. The maximum absolute atomic E-state index is 14.9. The first kappa shape index (κ1) is 25.6. The number of halogens is 2. The van der Waals surface area contributed by atoms with Crippen molar-refractivity contribution < 1.29 is 26.5 Å². The number of benzene rings is 1. The van der Waals surface area contributed by atoms with Gasteiger partial charge >= 0.3 is 6.01 Å². The first-order valence-corrected chi connectivity index (χ1v) is 13.6. The monoisotopic (exact) mass is 510 g/mol. The average molecular weight is 511 g/mol. The Bertz CT molecular complexity index is 1120. The number of nitrogens with zero attached hydrogens (tertiary/aromatic N) is 4. The van der Waals surface area contributed by atoms with E-state index in [1.165, 1.54) is 22.5 Å². The van der Waals surface area contributed by atoms with E-state index in [9.17, 15) is 17.2 Å². The van der Waals surface area contributed by atoms with E-state index in [0.29, 0.717) is 69.3 Å². The third-order valence-electron chi connectivity index (χ3n) is 6.61. The van der Waals surface area contributed by atoms with Crippen molar-refractivity contribution >= 4 is 16.0 Å². The van der Waals surface area contributed by atoms with Crippen molar-refractivity contribution in [1.82, 2.24) is 14.4 Å². The van der Waals surface area contributed by atoms with E-state index >= 15 is 0 Å². The van der Waals surface area contributed by atoms with Crippen molar-refractivity contribution in [2.24, 2.45) is 0 Å². The smallest absolute Gasteiger partial charge is 0.324 e. The van der Waals surface area contributed by atoms with Crippen LogP contribution >= 0.6 is 0 Å².